The third-order valence-electron chi connectivity index (χ3n) is 2.93. The molecule has 4 nitrogen and oxygen atoms in total. The van der Waals surface area contributed by atoms with Gasteiger partial charge in [0, 0.05) is 31.7 Å². The van der Waals surface area contributed by atoms with Crippen LogP contribution in [0.2, 0.25) is 0 Å². The molecule has 0 saturated carbocycles. The van der Waals surface area contributed by atoms with Crippen molar-refractivity contribution in [1.29, 1.82) is 0 Å². The van der Waals surface area contributed by atoms with Gasteiger partial charge in [0.25, 0.3) is 0 Å². The van der Waals surface area contributed by atoms with Crippen LogP contribution in [0, 0.1) is 6.92 Å². The van der Waals surface area contributed by atoms with Crippen molar-refractivity contribution in [2.45, 2.75) is 33.2 Å². The fourth-order valence-electron chi connectivity index (χ4n) is 1.85. The Morgan fingerprint density at radius 3 is 2.60 bits per heavy atom. The molecular weight excluding hydrogens is 295 g/mol. The van der Waals surface area contributed by atoms with Crippen LogP contribution in [0.4, 0.5) is 5.82 Å². The van der Waals surface area contributed by atoms with Crippen LogP contribution in [0.5, 0.6) is 0 Å². The Morgan fingerprint density at radius 1 is 1.25 bits per heavy atom. The summed E-state index contributed by atoms with van der Waals surface area (Å²) in [5.41, 5.74) is 8.14. The Labute approximate surface area is 132 Å². The van der Waals surface area contributed by atoms with E-state index in [2.05, 4.69) is 34.4 Å². The number of hydrogen-bond donors (Lipinski definition) is 1. The first-order chi connectivity index (χ1) is 8.70. The quantitative estimate of drug-likeness (QED) is 0.581. The monoisotopic (exact) mass is 313 g/mol. The van der Waals surface area contributed by atoms with Gasteiger partial charge in [-0.2, -0.15) is 4.57 Å². The van der Waals surface area contributed by atoms with Crippen molar-refractivity contribution < 1.29 is 29.4 Å². The van der Waals surface area contributed by atoms with Crippen LogP contribution in [0.25, 0.3) is 0 Å². The lowest BCUT2D eigenvalue weighted by molar-refractivity contribution is -0.694. The summed E-state index contributed by atoms with van der Waals surface area (Å²) in [6.07, 6.45) is 5.79. The Morgan fingerprint density at radius 2 is 2.00 bits per heavy atom. The third-order valence-corrected chi connectivity index (χ3v) is 2.93. The molecule has 0 aliphatic rings. The molecule has 0 radical (unpaired) electrons. The van der Waals surface area contributed by atoms with Crippen LogP contribution in [0.15, 0.2) is 30.6 Å². The van der Waals surface area contributed by atoms with Gasteiger partial charge in [-0.05, 0) is 6.42 Å². The number of halogens is 2. The van der Waals surface area contributed by atoms with E-state index in [0.29, 0.717) is 12.4 Å². The van der Waals surface area contributed by atoms with E-state index in [9.17, 15) is 0 Å². The number of anilines is 1. The largest absolute Gasteiger partial charge is 1.00 e. The van der Waals surface area contributed by atoms with Gasteiger partial charge in [0.2, 0.25) is 0 Å². The molecule has 0 saturated heterocycles. The van der Waals surface area contributed by atoms with Gasteiger partial charge >= 0.3 is 0 Å². The van der Waals surface area contributed by atoms with E-state index < -0.39 is 0 Å². The van der Waals surface area contributed by atoms with Crippen LogP contribution in [0.1, 0.15) is 30.4 Å². The second-order valence-corrected chi connectivity index (χ2v) is 4.42. The topological polar surface area (TPSA) is 55.7 Å². The SMILES string of the molecule is CCCc1ncc(C[n+]2ccccc2C)c(N)n1.[Cl-].[Cl-]. The average molecular weight is 314 g/mol. The third kappa shape index (κ3) is 4.62. The second kappa shape index (κ2) is 8.72. The van der Waals surface area contributed by atoms with Gasteiger partial charge in [-0.25, -0.2) is 9.97 Å². The molecule has 2 rings (SSSR count). The molecule has 20 heavy (non-hydrogen) atoms. The number of pyridine rings is 1. The highest BCUT2D eigenvalue weighted by atomic mass is 35.5. The van der Waals surface area contributed by atoms with Crippen LogP contribution in [-0.2, 0) is 13.0 Å². The first kappa shape index (κ1) is 18.6. The van der Waals surface area contributed by atoms with E-state index in [-0.39, 0.29) is 24.8 Å². The first-order valence-electron chi connectivity index (χ1n) is 6.26. The molecule has 0 atom stereocenters. The van der Waals surface area contributed by atoms with E-state index in [1.807, 2.05) is 24.5 Å². The minimum Gasteiger partial charge on any atom is -1.00 e. The molecule has 2 N–H and O–H groups in total. The number of aryl methyl sites for hydroxylation is 2. The van der Waals surface area contributed by atoms with Crippen molar-refractivity contribution >= 4 is 5.82 Å². The number of nitrogens with zero attached hydrogens (tertiary/aromatic N) is 3. The minimum atomic E-state index is 0. The van der Waals surface area contributed by atoms with Gasteiger partial charge in [0.15, 0.2) is 18.4 Å². The average Bonchev–Trinajstić information content (AvgIpc) is 2.35. The Balaban J connectivity index is 0.00000180. The van der Waals surface area contributed by atoms with Crippen molar-refractivity contribution in [2.75, 3.05) is 5.73 Å². The highest BCUT2D eigenvalue weighted by molar-refractivity contribution is 5.36. The molecule has 0 fully saturated rings. The van der Waals surface area contributed by atoms with Crippen molar-refractivity contribution in [1.82, 2.24) is 9.97 Å². The zero-order valence-corrected chi connectivity index (χ0v) is 13.2. The lowest BCUT2D eigenvalue weighted by atomic mass is 10.2. The maximum absolute atomic E-state index is 5.99. The zero-order chi connectivity index (χ0) is 13.0. The molecule has 0 spiro atoms. The highest BCUT2D eigenvalue weighted by Gasteiger charge is 2.11. The number of nitrogens with two attached hydrogens (primary N) is 1. The maximum atomic E-state index is 5.99. The predicted molar refractivity (Wildman–Crippen MR) is 70.9 cm³/mol. The van der Waals surface area contributed by atoms with E-state index in [4.69, 9.17) is 5.73 Å². The van der Waals surface area contributed by atoms with E-state index in [1.165, 1.54) is 5.69 Å². The summed E-state index contributed by atoms with van der Waals surface area (Å²) in [4.78, 5) is 8.69. The Hall–Kier alpha value is -1.39. The van der Waals surface area contributed by atoms with E-state index in [1.54, 1.807) is 0 Å². The van der Waals surface area contributed by atoms with Crippen LogP contribution >= 0.6 is 0 Å². The lowest BCUT2D eigenvalue weighted by Crippen LogP contribution is -3.00. The summed E-state index contributed by atoms with van der Waals surface area (Å²) >= 11 is 0. The normalized spacial score (nSPS) is 9.50. The number of aromatic nitrogens is 3. The number of hydrogen-bond acceptors (Lipinski definition) is 3. The fraction of sp³-hybridized carbons (Fsp3) is 0.357. The summed E-state index contributed by atoms with van der Waals surface area (Å²) in [7, 11) is 0. The van der Waals surface area contributed by atoms with Crippen molar-refractivity contribution in [3.8, 4) is 0 Å². The van der Waals surface area contributed by atoms with Gasteiger partial charge in [0.1, 0.15) is 11.6 Å². The smallest absolute Gasteiger partial charge is 0.179 e. The summed E-state index contributed by atoms with van der Waals surface area (Å²) < 4.78 is 2.13. The molecule has 2 heterocycles. The molecule has 0 bridgehead atoms. The first-order valence-corrected chi connectivity index (χ1v) is 6.26. The van der Waals surface area contributed by atoms with E-state index in [0.717, 1.165) is 24.2 Å². The fourth-order valence-corrected chi connectivity index (χ4v) is 1.85. The molecule has 0 amide bonds. The highest BCUT2D eigenvalue weighted by Crippen LogP contribution is 2.08. The van der Waals surface area contributed by atoms with Gasteiger partial charge in [-0.3, -0.25) is 0 Å². The molecule has 0 aromatic carbocycles. The Bertz CT molecular complexity index is 546. The molecule has 110 valence electrons. The second-order valence-electron chi connectivity index (χ2n) is 4.42. The number of rotatable bonds is 4. The zero-order valence-electron chi connectivity index (χ0n) is 11.7. The van der Waals surface area contributed by atoms with Crippen molar-refractivity contribution in [3.63, 3.8) is 0 Å². The molecule has 0 aliphatic carbocycles. The van der Waals surface area contributed by atoms with Crippen molar-refractivity contribution in [2.24, 2.45) is 0 Å². The van der Waals surface area contributed by atoms with Crippen molar-refractivity contribution in [3.05, 3.63) is 47.7 Å². The molecule has 0 aliphatic heterocycles. The summed E-state index contributed by atoms with van der Waals surface area (Å²) in [6.45, 7) is 4.89. The van der Waals surface area contributed by atoms with Crippen LogP contribution in [0.3, 0.4) is 0 Å². The van der Waals surface area contributed by atoms with Gasteiger partial charge in [0.05, 0.1) is 5.56 Å². The maximum Gasteiger partial charge on any atom is 0.179 e. The molecule has 6 heteroatoms. The Kier molecular flexibility index (Phi) is 8.11. The molecular formula is C14H19Cl2N4-. The van der Waals surface area contributed by atoms with Gasteiger partial charge < -0.3 is 30.5 Å². The van der Waals surface area contributed by atoms with Gasteiger partial charge in [-0.15, -0.1) is 0 Å². The standard InChI is InChI=1S/C14H19N4.2ClH/c1-3-6-13-16-9-12(14(15)17-13)10-18-8-5-4-7-11(18)2;;/h4-5,7-9H,3,6,10H2,1-2H3,(H2,15,16,17);2*1H/q+1;;/p-2. The van der Waals surface area contributed by atoms with Crippen LogP contribution in [-0.4, -0.2) is 9.97 Å². The molecule has 0 unspecified atom stereocenters. The predicted octanol–water partition coefficient (Wildman–Crippen LogP) is -4.34. The van der Waals surface area contributed by atoms with E-state index >= 15 is 0 Å². The van der Waals surface area contributed by atoms with Crippen LogP contribution < -0.4 is 35.1 Å². The minimum absolute atomic E-state index is 0. The summed E-state index contributed by atoms with van der Waals surface area (Å²) in [5.74, 6) is 1.41. The summed E-state index contributed by atoms with van der Waals surface area (Å²) in [6, 6.07) is 6.11. The summed E-state index contributed by atoms with van der Waals surface area (Å²) in [5, 5.41) is 0. The van der Waals surface area contributed by atoms with Gasteiger partial charge in [-0.1, -0.05) is 13.0 Å². The molecule has 2 aromatic rings. The lowest BCUT2D eigenvalue weighted by Gasteiger charge is -2.05. The number of nitrogen functional groups attached to an aromatic ring is 1. The molecule has 2 aromatic heterocycles.